The van der Waals surface area contributed by atoms with Gasteiger partial charge in [0.15, 0.2) is 0 Å². The second kappa shape index (κ2) is 5.51. The van der Waals surface area contributed by atoms with Crippen LogP contribution >= 0.6 is 23.1 Å². The quantitative estimate of drug-likeness (QED) is 0.674. The van der Waals surface area contributed by atoms with Gasteiger partial charge in [-0.2, -0.15) is 0 Å². The van der Waals surface area contributed by atoms with E-state index in [1.165, 1.54) is 23.1 Å². The summed E-state index contributed by atoms with van der Waals surface area (Å²) in [5.41, 5.74) is 1.48. The minimum Gasteiger partial charge on any atom is -0.535 e. The number of benzene rings is 1. The minimum absolute atomic E-state index is 0.0555. The number of aliphatic hydroxyl groups is 1. The third kappa shape index (κ3) is 2.56. The van der Waals surface area contributed by atoms with E-state index in [0.29, 0.717) is 17.7 Å². The number of thioether (sulfide) groups is 1. The lowest BCUT2D eigenvalue weighted by molar-refractivity contribution is 0.392. The molecule has 1 atom stereocenters. The van der Waals surface area contributed by atoms with Gasteiger partial charge in [0.2, 0.25) is 0 Å². The predicted molar refractivity (Wildman–Crippen MR) is 82.2 cm³/mol. The fourth-order valence-corrected chi connectivity index (χ4v) is 4.06. The van der Waals surface area contributed by atoms with Crippen LogP contribution in [0.15, 0.2) is 40.7 Å². The molecule has 4 nitrogen and oxygen atoms in total. The van der Waals surface area contributed by atoms with E-state index in [9.17, 15) is 10.1 Å². The number of thiazole rings is 1. The van der Waals surface area contributed by atoms with E-state index < -0.39 is 7.12 Å². The lowest BCUT2D eigenvalue weighted by Crippen LogP contribution is -2.40. The summed E-state index contributed by atoms with van der Waals surface area (Å²) in [6, 6.07) is 5.51. The van der Waals surface area contributed by atoms with Gasteiger partial charge >= 0.3 is 7.12 Å². The molecule has 0 spiro atoms. The lowest BCUT2D eigenvalue weighted by atomic mass is 9.77. The zero-order valence-corrected chi connectivity index (χ0v) is 12.2. The maximum Gasteiger partial charge on any atom is 0.537 e. The number of fused-ring (bicyclic) bond motifs is 1. The highest BCUT2D eigenvalue weighted by molar-refractivity contribution is 8.02. The van der Waals surface area contributed by atoms with Gasteiger partial charge in [-0.15, -0.1) is 11.3 Å². The first-order chi connectivity index (χ1) is 9.65. The van der Waals surface area contributed by atoms with E-state index in [-0.39, 0.29) is 10.9 Å². The summed E-state index contributed by atoms with van der Waals surface area (Å²) in [6.45, 7) is 3.52. The number of nitrogens with zero attached hydrogens (tertiary/aromatic N) is 1. The van der Waals surface area contributed by atoms with Crippen LogP contribution in [-0.4, -0.2) is 27.4 Å². The SMILES string of the molecule is C=C(O)c1cccc2c1OB(O)[C@@H](Sc1nccs1)C2. The molecule has 0 bridgehead atoms. The monoisotopic (exact) mass is 305 g/mol. The third-order valence-electron chi connectivity index (χ3n) is 3.05. The summed E-state index contributed by atoms with van der Waals surface area (Å²) in [7, 11) is -0.933. The molecular formula is C13H12BNO3S2. The maximum absolute atomic E-state index is 10.1. The minimum atomic E-state index is -0.933. The molecule has 0 amide bonds. The van der Waals surface area contributed by atoms with E-state index in [0.717, 1.165) is 9.90 Å². The Balaban J connectivity index is 1.87. The van der Waals surface area contributed by atoms with Crippen molar-refractivity contribution in [2.24, 2.45) is 0 Å². The zero-order valence-electron chi connectivity index (χ0n) is 10.5. The Kier molecular flexibility index (Phi) is 3.73. The first-order valence-corrected chi connectivity index (χ1v) is 7.82. The average Bonchev–Trinajstić information content (AvgIpc) is 2.91. The maximum atomic E-state index is 10.1. The number of aromatic nitrogens is 1. The molecule has 102 valence electrons. The Morgan fingerprint density at radius 1 is 1.55 bits per heavy atom. The van der Waals surface area contributed by atoms with Crippen LogP contribution in [0.2, 0.25) is 0 Å². The van der Waals surface area contributed by atoms with Crippen LogP contribution in [0.3, 0.4) is 0 Å². The molecule has 2 heterocycles. The molecule has 1 aliphatic rings. The molecule has 0 fully saturated rings. The highest BCUT2D eigenvalue weighted by atomic mass is 32.2. The molecule has 0 aliphatic carbocycles. The molecule has 20 heavy (non-hydrogen) atoms. The van der Waals surface area contributed by atoms with Gasteiger partial charge in [-0.3, -0.25) is 0 Å². The molecule has 2 aromatic rings. The van der Waals surface area contributed by atoms with Crippen LogP contribution in [0.25, 0.3) is 5.76 Å². The second-order valence-corrected chi connectivity index (χ2v) is 6.79. The van der Waals surface area contributed by atoms with Crippen molar-refractivity contribution in [1.29, 1.82) is 0 Å². The Morgan fingerprint density at radius 3 is 3.10 bits per heavy atom. The van der Waals surface area contributed by atoms with Crippen LogP contribution < -0.4 is 4.65 Å². The second-order valence-electron chi connectivity index (χ2n) is 4.41. The summed E-state index contributed by atoms with van der Waals surface area (Å²) >= 11 is 3.04. The average molecular weight is 305 g/mol. The van der Waals surface area contributed by atoms with Crippen molar-refractivity contribution >= 4 is 36.0 Å². The first-order valence-electron chi connectivity index (χ1n) is 6.06. The standard InChI is InChI=1S/C13H12BNO3S2/c1-8(16)10-4-2-3-9-7-11(14(17)18-12(9)10)20-13-15-5-6-19-13/h2-6,11,16-17H,1,7H2/t11-/m0/s1. The van der Waals surface area contributed by atoms with Crippen molar-refractivity contribution in [1.82, 2.24) is 4.98 Å². The van der Waals surface area contributed by atoms with Gasteiger partial charge < -0.3 is 14.8 Å². The van der Waals surface area contributed by atoms with Crippen LogP contribution in [0, 0.1) is 0 Å². The first kappa shape index (κ1) is 13.5. The van der Waals surface area contributed by atoms with E-state index in [1.54, 1.807) is 12.3 Å². The van der Waals surface area contributed by atoms with Crippen LogP contribution in [0.1, 0.15) is 11.1 Å². The van der Waals surface area contributed by atoms with Gasteiger partial charge in [-0.1, -0.05) is 30.5 Å². The molecule has 0 unspecified atom stereocenters. The Morgan fingerprint density at radius 2 is 2.40 bits per heavy atom. The molecule has 1 aliphatic heterocycles. The number of para-hydroxylation sites is 1. The Bertz CT molecular complexity index is 633. The van der Waals surface area contributed by atoms with Gasteiger partial charge in [0.1, 0.15) is 15.8 Å². The fourth-order valence-electron chi connectivity index (χ4n) is 2.12. The zero-order chi connectivity index (χ0) is 14.1. The lowest BCUT2D eigenvalue weighted by Gasteiger charge is -2.27. The van der Waals surface area contributed by atoms with Crippen LogP contribution in [-0.2, 0) is 6.42 Å². The molecule has 3 rings (SSSR count). The Labute approximate surface area is 125 Å². The number of hydrogen-bond acceptors (Lipinski definition) is 6. The summed E-state index contributed by atoms with van der Waals surface area (Å²) in [6.07, 6.45) is 2.40. The van der Waals surface area contributed by atoms with Crippen molar-refractivity contribution in [2.75, 3.05) is 0 Å². The molecule has 7 heteroatoms. The fraction of sp³-hybridized carbons (Fsp3) is 0.154. The van der Waals surface area contributed by atoms with Gasteiger partial charge in [-0.25, -0.2) is 4.98 Å². The Hall–Kier alpha value is -1.44. The summed E-state index contributed by atoms with van der Waals surface area (Å²) in [5, 5.41) is 21.5. The number of rotatable bonds is 3. The van der Waals surface area contributed by atoms with Crippen molar-refractivity contribution in [3.63, 3.8) is 0 Å². The van der Waals surface area contributed by atoms with Gasteiger partial charge in [0.05, 0.1) is 10.7 Å². The van der Waals surface area contributed by atoms with E-state index in [2.05, 4.69) is 11.6 Å². The predicted octanol–water partition coefficient (Wildman–Crippen LogP) is 2.79. The highest BCUT2D eigenvalue weighted by Crippen LogP contribution is 2.38. The van der Waals surface area contributed by atoms with E-state index in [1.807, 2.05) is 17.5 Å². The van der Waals surface area contributed by atoms with Crippen molar-refractivity contribution < 1.29 is 14.8 Å². The van der Waals surface area contributed by atoms with E-state index in [4.69, 9.17) is 4.65 Å². The number of hydrogen-bond donors (Lipinski definition) is 2. The van der Waals surface area contributed by atoms with Crippen molar-refractivity contribution in [2.45, 2.75) is 15.9 Å². The summed E-state index contributed by atoms with van der Waals surface area (Å²) < 4.78 is 6.48. The smallest absolute Gasteiger partial charge is 0.535 e. The molecular weight excluding hydrogens is 293 g/mol. The van der Waals surface area contributed by atoms with Gasteiger partial charge in [0, 0.05) is 11.6 Å². The number of aliphatic hydroxyl groups excluding tert-OH is 1. The van der Waals surface area contributed by atoms with Gasteiger partial charge in [0.25, 0.3) is 0 Å². The van der Waals surface area contributed by atoms with Crippen LogP contribution in [0.5, 0.6) is 5.75 Å². The van der Waals surface area contributed by atoms with Gasteiger partial charge in [-0.05, 0) is 18.1 Å². The van der Waals surface area contributed by atoms with Crippen LogP contribution in [0.4, 0.5) is 0 Å². The van der Waals surface area contributed by atoms with Crippen molar-refractivity contribution in [3.8, 4) is 5.75 Å². The molecule has 2 N–H and O–H groups in total. The summed E-state index contributed by atoms with van der Waals surface area (Å²) in [5.74, 6) is 0.462. The highest BCUT2D eigenvalue weighted by Gasteiger charge is 2.37. The molecule has 0 saturated heterocycles. The molecule has 0 radical (unpaired) electrons. The normalized spacial score (nSPS) is 17.4. The summed E-state index contributed by atoms with van der Waals surface area (Å²) in [4.78, 5) is 4.21. The third-order valence-corrected chi connectivity index (χ3v) is 5.20. The molecule has 1 aromatic carbocycles. The topological polar surface area (TPSA) is 62.6 Å². The van der Waals surface area contributed by atoms with E-state index >= 15 is 0 Å². The molecule has 0 saturated carbocycles. The van der Waals surface area contributed by atoms with Crippen molar-refractivity contribution in [3.05, 3.63) is 47.5 Å². The molecule has 1 aromatic heterocycles. The largest absolute Gasteiger partial charge is 0.537 e.